The van der Waals surface area contributed by atoms with Crippen LogP contribution in [0.3, 0.4) is 0 Å². The monoisotopic (exact) mass is 252 g/mol. The van der Waals surface area contributed by atoms with Crippen molar-refractivity contribution in [3.05, 3.63) is 34.3 Å². The number of aliphatic hydroxyl groups is 1. The van der Waals surface area contributed by atoms with Crippen molar-refractivity contribution < 1.29 is 5.11 Å². The average Bonchev–Trinajstić information content (AvgIpc) is 2.38. The Bertz CT molecular complexity index is 369. The molecule has 1 aromatic rings. The number of halogens is 1. The van der Waals surface area contributed by atoms with Crippen molar-refractivity contribution in [1.82, 2.24) is 0 Å². The van der Waals surface area contributed by atoms with E-state index in [1.807, 2.05) is 13.0 Å². The van der Waals surface area contributed by atoms with Gasteiger partial charge in [0.25, 0.3) is 0 Å². The molecule has 0 amide bonds. The van der Waals surface area contributed by atoms with Crippen LogP contribution in [0.2, 0.25) is 5.02 Å². The van der Waals surface area contributed by atoms with Crippen LogP contribution in [-0.2, 0) is 0 Å². The molecule has 1 fully saturated rings. The second-order valence-corrected chi connectivity index (χ2v) is 5.61. The van der Waals surface area contributed by atoms with E-state index in [9.17, 15) is 0 Å². The van der Waals surface area contributed by atoms with Crippen molar-refractivity contribution in [3.8, 4) is 0 Å². The zero-order valence-corrected chi connectivity index (χ0v) is 11.2. The van der Waals surface area contributed by atoms with Gasteiger partial charge in [-0.15, -0.1) is 0 Å². The molecule has 0 bridgehead atoms. The number of aliphatic hydroxyl groups excluding tert-OH is 1. The van der Waals surface area contributed by atoms with Crippen molar-refractivity contribution in [3.63, 3.8) is 0 Å². The molecule has 0 aromatic heterocycles. The molecule has 1 aliphatic rings. The molecule has 1 N–H and O–H groups in total. The summed E-state index contributed by atoms with van der Waals surface area (Å²) in [7, 11) is 0. The van der Waals surface area contributed by atoms with E-state index in [4.69, 9.17) is 16.7 Å². The summed E-state index contributed by atoms with van der Waals surface area (Å²) in [6.45, 7) is 2.20. The van der Waals surface area contributed by atoms with Gasteiger partial charge < -0.3 is 5.11 Å². The van der Waals surface area contributed by atoms with Crippen LogP contribution in [0, 0.1) is 0 Å². The van der Waals surface area contributed by atoms with E-state index in [-0.39, 0.29) is 12.5 Å². The van der Waals surface area contributed by atoms with Crippen molar-refractivity contribution in [2.24, 2.45) is 0 Å². The first-order valence-electron chi connectivity index (χ1n) is 6.62. The van der Waals surface area contributed by atoms with Crippen LogP contribution >= 0.6 is 11.6 Å². The number of benzene rings is 1. The molecular weight excluding hydrogens is 232 g/mol. The van der Waals surface area contributed by atoms with Gasteiger partial charge in [-0.1, -0.05) is 49.9 Å². The summed E-state index contributed by atoms with van der Waals surface area (Å²) in [6.07, 6.45) is 6.57. The maximum Gasteiger partial charge on any atom is 0.0497 e. The van der Waals surface area contributed by atoms with Crippen molar-refractivity contribution in [2.75, 3.05) is 6.61 Å². The van der Waals surface area contributed by atoms with E-state index >= 15 is 0 Å². The third-order valence-corrected chi connectivity index (χ3v) is 4.24. The smallest absolute Gasteiger partial charge is 0.0497 e. The Morgan fingerprint density at radius 2 is 2.00 bits per heavy atom. The molecule has 1 atom stereocenters. The third-order valence-electron chi connectivity index (χ3n) is 3.91. The highest BCUT2D eigenvalue weighted by Gasteiger charge is 2.18. The molecule has 94 valence electrons. The summed E-state index contributed by atoms with van der Waals surface area (Å²) >= 11 is 6.38. The largest absolute Gasteiger partial charge is 0.396 e. The van der Waals surface area contributed by atoms with Crippen LogP contribution in [0.15, 0.2) is 18.2 Å². The van der Waals surface area contributed by atoms with Crippen LogP contribution in [0.25, 0.3) is 0 Å². The Morgan fingerprint density at radius 1 is 1.29 bits per heavy atom. The van der Waals surface area contributed by atoms with Crippen molar-refractivity contribution in [2.45, 2.75) is 50.9 Å². The molecule has 2 rings (SSSR count). The SMILES string of the molecule is CC(CO)c1ccc(C2CCCCC2)c(Cl)c1. The minimum Gasteiger partial charge on any atom is -0.396 e. The summed E-state index contributed by atoms with van der Waals surface area (Å²) in [6, 6.07) is 6.32. The molecular formula is C15H21ClO. The van der Waals surface area contributed by atoms with E-state index in [1.54, 1.807) is 0 Å². The molecule has 1 unspecified atom stereocenters. The van der Waals surface area contributed by atoms with E-state index in [0.29, 0.717) is 5.92 Å². The maximum atomic E-state index is 9.15. The van der Waals surface area contributed by atoms with Crippen LogP contribution in [0.5, 0.6) is 0 Å². The molecule has 17 heavy (non-hydrogen) atoms. The number of hydrogen-bond acceptors (Lipinski definition) is 1. The molecule has 0 spiro atoms. The van der Waals surface area contributed by atoms with Gasteiger partial charge in [-0.2, -0.15) is 0 Å². The Hall–Kier alpha value is -0.530. The zero-order valence-electron chi connectivity index (χ0n) is 10.5. The molecule has 1 nitrogen and oxygen atoms in total. The number of hydrogen-bond donors (Lipinski definition) is 1. The fraction of sp³-hybridized carbons (Fsp3) is 0.600. The first-order chi connectivity index (χ1) is 8.22. The molecule has 1 saturated carbocycles. The lowest BCUT2D eigenvalue weighted by Crippen LogP contribution is -2.06. The minimum absolute atomic E-state index is 0.174. The Morgan fingerprint density at radius 3 is 2.59 bits per heavy atom. The molecule has 2 heteroatoms. The van der Waals surface area contributed by atoms with Gasteiger partial charge in [-0.25, -0.2) is 0 Å². The van der Waals surface area contributed by atoms with Crippen LogP contribution < -0.4 is 0 Å². The second kappa shape index (κ2) is 5.88. The van der Waals surface area contributed by atoms with Gasteiger partial charge in [0.05, 0.1) is 0 Å². The highest BCUT2D eigenvalue weighted by atomic mass is 35.5. The Labute approximate surface area is 109 Å². The van der Waals surface area contributed by atoms with E-state index in [1.165, 1.54) is 37.7 Å². The van der Waals surface area contributed by atoms with Crippen molar-refractivity contribution in [1.29, 1.82) is 0 Å². The van der Waals surface area contributed by atoms with Gasteiger partial charge in [0.15, 0.2) is 0 Å². The summed E-state index contributed by atoms with van der Waals surface area (Å²) < 4.78 is 0. The predicted octanol–water partition coefficient (Wildman–Crippen LogP) is 4.48. The van der Waals surface area contributed by atoms with Gasteiger partial charge in [-0.05, 0) is 36.0 Å². The Kier molecular flexibility index (Phi) is 4.47. The highest BCUT2D eigenvalue weighted by molar-refractivity contribution is 6.31. The molecule has 1 aliphatic carbocycles. The molecule has 0 radical (unpaired) electrons. The molecule has 0 saturated heterocycles. The molecule has 0 aliphatic heterocycles. The van der Waals surface area contributed by atoms with Gasteiger partial charge >= 0.3 is 0 Å². The first kappa shape index (κ1) is 12.9. The van der Waals surface area contributed by atoms with Gasteiger partial charge in [-0.3, -0.25) is 0 Å². The average molecular weight is 253 g/mol. The highest BCUT2D eigenvalue weighted by Crippen LogP contribution is 2.37. The quantitative estimate of drug-likeness (QED) is 0.841. The first-order valence-corrected chi connectivity index (χ1v) is 7.00. The van der Waals surface area contributed by atoms with Gasteiger partial charge in [0.2, 0.25) is 0 Å². The van der Waals surface area contributed by atoms with Crippen LogP contribution in [0.1, 0.15) is 62.0 Å². The fourth-order valence-electron chi connectivity index (χ4n) is 2.70. The second-order valence-electron chi connectivity index (χ2n) is 5.20. The standard InChI is InChI=1S/C15H21ClO/c1-11(10-17)13-7-8-14(15(16)9-13)12-5-3-2-4-6-12/h7-9,11-12,17H,2-6,10H2,1H3. The maximum absolute atomic E-state index is 9.15. The number of rotatable bonds is 3. The minimum atomic E-state index is 0.174. The fourth-order valence-corrected chi connectivity index (χ4v) is 3.04. The van der Waals surface area contributed by atoms with E-state index < -0.39 is 0 Å². The van der Waals surface area contributed by atoms with Gasteiger partial charge in [0.1, 0.15) is 0 Å². The summed E-state index contributed by atoms with van der Waals surface area (Å²) in [4.78, 5) is 0. The van der Waals surface area contributed by atoms with E-state index in [0.717, 1.165) is 10.6 Å². The Balaban J connectivity index is 2.18. The lowest BCUT2D eigenvalue weighted by Gasteiger charge is -2.23. The third kappa shape index (κ3) is 3.02. The normalized spacial score (nSPS) is 19.2. The van der Waals surface area contributed by atoms with Crippen molar-refractivity contribution >= 4 is 11.6 Å². The lowest BCUT2D eigenvalue weighted by atomic mass is 9.83. The topological polar surface area (TPSA) is 20.2 Å². The van der Waals surface area contributed by atoms with E-state index in [2.05, 4.69) is 12.1 Å². The molecule has 0 heterocycles. The lowest BCUT2D eigenvalue weighted by molar-refractivity contribution is 0.273. The van der Waals surface area contributed by atoms with Gasteiger partial charge in [0, 0.05) is 17.5 Å². The summed E-state index contributed by atoms with van der Waals surface area (Å²) in [5.41, 5.74) is 2.44. The zero-order chi connectivity index (χ0) is 12.3. The van der Waals surface area contributed by atoms with Crippen LogP contribution in [0.4, 0.5) is 0 Å². The van der Waals surface area contributed by atoms with Crippen LogP contribution in [-0.4, -0.2) is 11.7 Å². The summed E-state index contributed by atoms with van der Waals surface area (Å²) in [5.74, 6) is 0.822. The predicted molar refractivity (Wildman–Crippen MR) is 72.8 cm³/mol. The molecule has 1 aromatic carbocycles. The summed E-state index contributed by atoms with van der Waals surface area (Å²) in [5, 5.41) is 10.0.